The molecule has 0 saturated carbocycles. The van der Waals surface area contributed by atoms with Gasteiger partial charge in [-0.3, -0.25) is 4.79 Å². The Hall–Kier alpha value is -1.81. The molecule has 1 aromatic carbocycles. The first-order chi connectivity index (χ1) is 7.74. The average molecular weight is 220 g/mol. The lowest BCUT2D eigenvalue weighted by Crippen LogP contribution is -2.11. The Morgan fingerprint density at radius 3 is 2.56 bits per heavy atom. The third-order valence-corrected chi connectivity index (χ3v) is 2.44. The molecule has 16 heavy (non-hydrogen) atoms. The van der Waals surface area contributed by atoms with Gasteiger partial charge in [0.05, 0.1) is 13.7 Å². The number of esters is 1. The zero-order valence-electron chi connectivity index (χ0n) is 8.84. The maximum Gasteiger partial charge on any atom is 0.320 e. The van der Waals surface area contributed by atoms with Crippen molar-refractivity contribution in [3.63, 3.8) is 0 Å². The van der Waals surface area contributed by atoms with Crippen molar-refractivity contribution < 1.29 is 19.4 Å². The molecule has 0 aliphatic carbocycles. The van der Waals surface area contributed by atoms with Gasteiger partial charge in [-0.1, -0.05) is 0 Å². The Morgan fingerprint density at radius 2 is 2.06 bits per heavy atom. The molecule has 1 aliphatic rings. The van der Waals surface area contributed by atoms with Crippen molar-refractivity contribution in [2.75, 3.05) is 13.7 Å². The van der Waals surface area contributed by atoms with Crippen molar-refractivity contribution in [2.45, 2.75) is 0 Å². The summed E-state index contributed by atoms with van der Waals surface area (Å²) in [4.78, 5) is 11.3. The van der Waals surface area contributed by atoms with E-state index in [9.17, 15) is 4.79 Å². The number of ether oxygens (including phenoxy) is 2. The largest absolute Gasteiger partial charge is 0.497 e. The Balaban J connectivity index is 2.22. The van der Waals surface area contributed by atoms with Crippen LogP contribution in [0.15, 0.2) is 30.3 Å². The summed E-state index contributed by atoms with van der Waals surface area (Å²) in [6, 6.07) is 7.18. The van der Waals surface area contributed by atoms with Gasteiger partial charge >= 0.3 is 5.97 Å². The average Bonchev–Trinajstić information content (AvgIpc) is 2.71. The molecule has 0 aromatic heterocycles. The molecule has 0 bridgehead atoms. The van der Waals surface area contributed by atoms with Crippen molar-refractivity contribution in [3.05, 3.63) is 35.9 Å². The maximum absolute atomic E-state index is 11.3. The van der Waals surface area contributed by atoms with Gasteiger partial charge in [-0.25, -0.2) is 0 Å². The molecule has 0 spiro atoms. The van der Waals surface area contributed by atoms with Gasteiger partial charge in [0.2, 0.25) is 0 Å². The summed E-state index contributed by atoms with van der Waals surface area (Å²) in [5.74, 6) is 0.282. The lowest BCUT2D eigenvalue weighted by Gasteiger charge is -2.03. The third-order valence-electron chi connectivity index (χ3n) is 2.44. The first-order valence-corrected chi connectivity index (χ1v) is 4.93. The lowest BCUT2D eigenvalue weighted by molar-refractivity contribution is -0.138. The fraction of sp³-hybridized carbons (Fsp3) is 0.250. The molecule has 1 unspecified atom stereocenters. The summed E-state index contributed by atoms with van der Waals surface area (Å²) < 4.78 is 10.1. The van der Waals surface area contributed by atoms with Crippen molar-refractivity contribution in [1.82, 2.24) is 0 Å². The minimum Gasteiger partial charge on any atom is -0.497 e. The van der Waals surface area contributed by atoms with E-state index in [4.69, 9.17) is 14.6 Å². The second-order valence-corrected chi connectivity index (χ2v) is 3.47. The molecule has 1 aromatic rings. The number of methoxy groups -OCH3 is 1. The number of benzene rings is 1. The Bertz CT molecular complexity index is 419. The van der Waals surface area contributed by atoms with Crippen molar-refractivity contribution in [3.8, 4) is 5.75 Å². The van der Waals surface area contributed by atoms with E-state index in [1.54, 1.807) is 37.5 Å². The number of carbonyl (C=O) groups excluding carboxylic acids is 1. The molecular formula is C12H12O4. The van der Waals surface area contributed by atoms with Gasteiger partial charge < -0.3 is 14.6 Å². The summed E-state index contributed by atoms with van der Waals surface area (Å²) in [6.45, 7) is -0.224. The SMILES string of the molecule is COc1ccc(C2=CC(CO)C(=O)O2)cc1. The van der Waals surface area contributed by atoms with Gasteiger partial charge in [-0.2, -0.15) is 0 Å². The van der Waals surface area contributed by atoms with E-state index in [2.05, 4.69) is 0 Å². The van der Waals surface area contributed by atoms with Crippen molar-refractivity contribution in [2.24, 2.45) is 5.92 Å². The first-order valence-electron chi connectivity index (χ1n) is 4.93. The second kappa shape index (κ2) is 4.37. The van der Waals surface area contributed by atoms with Gasteiger partial charge in [-0.05, 0) is 30.3 Å². The number of hydrogen-bond acceptors (Lipinski definition) is 4. The zero-order chi connectivity index (χ0) is 11.5. The van der Waals surface area contributed by atoms with E-state index >= 15 is 0 Å². The molecule has 0 radical (unpaired) electrons. The van der Waals surface area contributed by atoms with E-state index in [0.29, 0.717) is 5.76 Å². The minimum absolute atomic E-state index is 0.224. The van der Waals surface area contributed by atoms with Gasteiger partial charge in [-0.15, -0.1) is 0 Å². The lowest BCUT2D eigenvalue weighted by atomic mass is 10.1. The van der Waals surface area contributed by atoms with Crippen molar-refractivity contribution >= 4 is 11.7 Å². The van der Waals surface area contributed by atoms with Crippen LogP contribution in [0.2, 0.25) is 0 Å². The number of rotatable bonds is 3. The van der Waals surface area contributed by atoms with Crippen LogP contribution in [-0.2, 0) is 9.53 Å². The third kappa shape index (κ3) is 1.92. The van der Waals surface area contributed by atoms with Crippen LogP contribution in [0.5, 0.6) is 5.75 Å². The van der Waals surface area contributed by atoms with E-state index < -0.39 is 11.9 Å². The highest BCUT2D eigenvalue weighted by Crippen LogP contribution is 2.27. The highest BCUT2D eigenvalue weighted by Gasteiger charge is 2.27. The number of hydrogen-bond donors (Lipinski definition) is 1. The van der Waals surface area contributed by atoms with Crippen molar-refractivity contribution in [1.29, 1.82) is 0 Å². The van der Waals surface area contributed by atoms with Crippen LogP contribution >= 0.6 is 0 Å². The van der Waals surface area contributed by atoms with Gasteiger partial charge in [0.25, 0.3) is 0 Å². The van der Waals surface area contributed by atoms with Crippen LogP contribution in [-0.4, -0.2) is 24.8 Å². The molecule has 0 amide bonds. The predicted molar refractivity (Wildman–Crippen MR) is 57.6 cm³/mol. The highest BCUT2D eigenvalue weighted by molar-refractivity contribution is 5.87. The topological polar surface area (TPSA) is 55.8 Å². The van der Waals surface area contributed by atoms with Gasteiger partial charge in [0.15, 0.2) is 0 Å². The van der Waals surface area contributed by atoms with E-state index in [1.165, 1.54) is 0 Å². The molecule has 0 fully saturated rings. The summed E-state index contributed by atoms with van der Waals surface area (Å²) in [5, 5.41) is 8.92. The Morgan fingerprint density at radius 1 is 1.38 bits per heavy atom. The molecule has 0 saturated heterocycles. The fourth-order valence-electron chi connectivity index (χ4n) is 1.51. The van der Waals surface area contributed by atoms with Crippen LogP contribution in [0, 0.1) is 5.92 Å². The van der Waals surface area contributed by atoms with Gasteiger partial charge in [0.1, 0.15) is 17.4 Å². The summed E-state index contributed by atoms with van der Waals surface area (Å²) >= 11 is 0. The van der Waals surface area contributed by atoms with E-state index in [1.807, 2.05) is 0 Å². The number of carbonyl (C=O) groups is 1. The fourth-order valence-corrected chi connectivity index (χ4v) is 1.51. The smallest absolute Gasteiger partial charge is 0.320 e. The summed E-state index contributed by atoms with van der Waals surface area (Å²) in [5.41, 5.74) is 0.796. The predicted octanol–water partition coefficient (Wildman–Crippen LogP) is 1.20. The molecule has 84 valence electrons. The Labute approximate surface area is 93.1 Å². The maximum atomic E-state index is 11.3. The zero-order valence-corrected chi connectivity index (χ0v) is 8.84. The molecular weight excluding hydrogens is 208 g/mol. The number of aliphatic hydroxyl groups is 1. The molecule has 1 N–H and O–H groups in total. The molecule has 4 nitrogen and oxygen atoms in total. The Kier molecular flexibility index (Phi) is 2.92. The second-order valence-electron chi connectivity index (χ2n) is 3.47. The molecule has 1 aliphatic heterocycles. The van der Waals surface area contributed by atoms with Crippen LogP contribution in [0.1, 0.15) is 5.56 Å². The standard InChI is InChI=1S/C12H12O4/c1-15-10-4-2-8(3-5-10)11-6-9(7-13)12(14)16-11/h2-6,9,13H,7H2,1H3. The minimum atomic E-state index is -0.544. The summed E-state index contributed by atoms with van der Waals surface area (Å²) in [6.07, 6.45) is 1.63. The van der Waals surface area contributed by atoms with E-state index in [0.717, 1.165) is 11.3 Å². The van der Waals surface area contributed by atoms with Crippen LogP contribution < -0.4 is 4.74 Å². The quantitative estimate of drug-likeness (QED) is 0.778. The highest BCUT2D eigenvalue weighted by atomic mass is 16.5. The molecule has 2 rings (SSSR count). The molecule has 1 atom stereocenters. The van der Waals surface area contributed by atoms with Gasteiger partial charge in [0, 0.05) is 5.56 Å². The normalized spacial score (nSPS) is 19.2. The van der Waals surface area contributed by atoms with Crippen LogP contribution in [0.25, 0.3) is 5.76 Å². The van der Waals surface area contributed by atoms with Crippen LogP contribution in [0.3, 0.4) is 0 Å². The van der Waals surface area contributed by atoms with Crippen LogP contribution in [0.4, 0.5) is 0 Å². The van der Waals surface area contributed by atoms with E-state index in [-0.39, 0.29) is 6.61 Å². The molecule has 1 heterocycles. The molecule has 4 heteroatoms. The monoisotopic (exact) mass is 220 g/mol. The number of aliphatic hydroxyl groups excluding tert-OH is 1. The first kappa shape index (κ1) is 10.7. The summed E-state index contributed by atoms with van der Waals surface area (Å²) in [7, 11) is 1.59. The number of cyclic esters (lactones) is 1.